The molecule has 29 valence electrons. The molecule has 0 bridgehead atoms. The fourth-order valence-corrected chi connectivity index (χ4v) is 0.854. The zero-order valence-corrected chi connectivity index (χ0v) is 3.92. The molecule has 0 spiro atoms. The molecule has 0 amide bonds. The summed E-state index contributed by atoms with van der Waals surface area (Å²) < 4.78 is 0. The SMILES string of the molecule is [CH2]C1CSC1. The average molecular weight is 87.2 g/mol. The van der Waals surface area contributed by atoms with Crippen LogP contribution in [0.2, 0.25) is 0 Å². The van der Waals surface area contributed by atoms with E-state index in [0.29, 0.717) is 0 Å². The average Bonchev–Trinajstić information content (AvgIpc) is 1.30. The lowest BCUT2D eigenvalue weighted by atomic mass is 10.2. The van der Waals surface area contributed by atoms with Crippen LogP contribution in [0.3, 0.4) is 0 Å². The van der Waals surface area contributed by atoms with E-state index in [2.05, 4.69) is 6.92 Å². The van der Waals surface area contributed by atoms with Gasteiger partial charge in [-0.25, -0.2) is 0 Å². The van der Waals surface area contributed by atoms with Crippen molar-refractivity contribution in [1.29, 1.82) is 0 Å². The molecule has 0 saturated carbocycles. The van der Waals surface area contributed by atoms with Gasteiger partial charge in [-0.3, -0.25) is 0 Å². The van der Waals surface area contributed by atoms with Crippen molar-refractivity contribution in [2.24, 2.45) is 5.92 Å². The predicted molar refractivity (Wildman–Crippen MR) is 26.2 cm³/mol. The Morgan fingerprint density at radius 2 is 2.00 bits per heavy atom. The number of thioether (sulfide) groups is 1. The van der Waals surface area contributed by atoms with Crippen LogP contribution in [0.1, 0.15) is 0 Å². The highest BCUT2D eigenvalue weighted by Crippen LogP contribution is 2.22. The van der Waals surface area contributed by atoms with Crippen LogP contribution in [0.15, 0.2) is 0 Å². The van der Waals surface area contributed by atoms with E-state index in [9.17, 15) is 0 Å². The summed E-state index contributed by atoms with van der Waals surface area (Å²) in [5.74, 6) is 3.36. The molecule has 5 heavy (non-hydrogen) atoms. The standard InChI is InChI=1S/C4H7S/c1-4-2-5-3-4/h4H,1-3H2. The number of hydrogen-bond acceptors (Lipinski definition) is 1. The summed E-state index contributed by atoms with van der Waals surface area (Å²) in [5, 5.41) is 0. The number of rotatable bonds is 0. The molecule has 1 radical (unpaired) electrons. The van der Waals surface area contributed by atoms with Crippen molar-refractivity contribution in [3.63, 3.8) is 0 Å². The molecule has 1 rings (SSSR count). The van der Waals surface area contributed by atoms with Crippen molar-refractivity contribution in [3.8, 4) is 0 Å². The third-order valence-electron chi connectivity index (χ3n) is 0.707. The molecule has 0 aromatic rings. The number of hydrogen-bond donors (Lipinski definition) is 0. The maximum absolute atomic E-state index is 3.82. The Labute approximate surface area is 37.0 Å². The van der Waals surface area contributed by atoms with E-state index in [1.165, 1.54) is 11.5 Å². The molecule has 0 aromatic heterocycles. The molecule has 1 saturated heterocycles. The van der Waals surface area contributed by atoms with Gasteiger partial charge < -0.3 is 0 Å². The molecule has 0 aliphatic carbocycles. The van der Waals surface area contributed by atoms with Gasteiger partial charge in [-0.15, -0.1) is 0 Å². The molecule has 0 unspecified atom stereocenters. The van der Waals surface area contributed by atoms with Crippen LogP contribution in [0.5, 0.6) is 0 Å². The van der Waals surface area contributed by atoms with Crippen LogP contribution < -0.4 is 0 Å². The lowest BCUT2D eigenvalue weighted by Crippen LogP contribution is -2.12. The second-order valence-electron chi connectivity index (χ2n) is 1.40. The highest BCUT2D eigenvalue weighted by molar-refractivity contribution is 8.00. The summed E-state index contributed by atoms with van der Waals surface area (Å²) in [6.07, 6.45) is 0. The van der Waals surface area contributed by atoms with Gasteiger partial charge in [0, 0.05) is 0 Å². The minimum atomic E-state index is 0.778. The lowest BCUT2D eigenvalue weighted by molar-refractivity contribution is 0.810. The fourth-order valence-electron chi connectivity index (χ4n) is 0.285. The van der Waals surface area contributed by atoms with Gasteiger partial charge in [0.2, 0.25) is 0 Å². The van der Waals surface area contributed by atoms with Gasteiger partial charge in [0.1, 0.15) is 0 Å². The largest absolute Gasteiger partial charge is 0.161 e. The van der Waals surface area contributed by atoms with Crippen LogP contribution >= 0.6 is 11.8 Å². The Morgan fingerprint density at radius 3 is 2.00 bits per heavy atom. The van der Waals surface area contributed by atoms with Crippen LogP contribution in [-0.4, -0.2) is 11.5 Å². The predicted octanol–water partition coefficient (Wildman–Crippen LogP) is 1.18. The van der Waals surface area contributed by atoms with Crippen molar-refractivity contribution in [2.75, 3.05) is 11.5 Å². The zero-order valence-electron chi connectivity index (χ0n) is 3.11. The Morgan fingerprint density at radius 1 is 1.60 bits per heavy atom. The first-order chi connectivity index (χ1) is 2.39. The van der Waals surface area contributed by atoms with Crippen LogP contribution in [0, 0.1) is 12.8 Å². The zero-order chi connectivity index (χ0) is 3.70. The highest BCUT2D eigenvalue weighted by Gasteiger charge is 2.10. The summed E-state index contributed by atoms with van der Waals surface area (Å²) in [7, 11) is 0. The second-order valence-corrected chi connectivity index (χ2v) is 2.48. The Bertz CT molecular complexity index is 30.6. The monoisotopic (exact) mass is 87.0 g/mol. The molecule has 1 heterocycles. The van der Waals surface area contributed by atoms with Crippen molar-refractivity contribution < 1.29 is 0 Å². The molecular weight excluding hydrogens is 80.1 g/mol. The lowest BCUT2D eigenvalue weighted by Gasteiger charge is -2.18. The first kappa shape index (κ1) is 3.54. The van der Waals surface area contributed by atoms with Crippen LogP contribution in [0.4, 0.5) is 0 Å². The second kappa shape index (κ2) is 1.21. The van der Waals surface area contributed by atoms with E-state index < -0.39 is 0 Å². The van der Waals surface area contributed by atoms with Gasteiger partial charge in [-0.1, -0.05) is 0 Å². The summed E-state index contributed by atoms with van der Waals surface area (Å²) in [4.78, 5) is 0. The molecule has 0 N–H and O–H groups in total. The normalized spacial score (nSPS) is 25.8. The van der Waals surface area contributed by atoms with Gasteiger partial charge in [-0.05, 0) is 24.3 Å². The molecule has 1 fully saturated rings. The van der Waals surface area contributed by atoms with Crippen molar-refractivity contribution in [2.45, 2.75) is 0 Å². The Balaban J connectivity index is 2.08. The van der Waals surface area contributed by atoms with E-state index in [4.69, 9.17) is 0 Å². The quantitative estimate of drug-likeness (QED) is 0.427. The Hall–Kier alpha value is 0.350. The van der Waals surface area contributed by atoms with Crippen molar-refractivity contribution in [1.82, 2.24) is 0 Å². The van der Waals surface area contributed by atoms with Gasteiger partial charge >= 0.3 is 0 Å². The van der Waals surface area contributed by atoms with E-state index in [-0.39, 0.29) is 0 Å². The first-order valence-corrected chi connectivity index (χ1v) is 2.96. The van der Waals surface area contributed by atoms with Gasteiger partial charge in [0.25, 0.3) is 0 Å². The molecule has 0 atom stereocenters. The molecule has 1 heteroatoms. The summed E-state index contributed by atoms with van der Waals surface area (Å²) in [5.41, 5.74) is 0. The smallest absolute Gasteiger partial charge is 0.00311 e. The van der Waals surface area contributed by atoms with E-state index in [0.717, 1.165) is 5.92 Å². The first-order valence-electron chi connectivity index (χ1n) is 1.80. The van der Waals surface area contributed by atoms with E-state index >= 15 is 0 Å². The fraction of sp³-hybridized carbons (Fsp3) is 0.750. The topological polar surface area (TPSA) is 0 Å². The summed E-state index contributed by atoms with van der Waals surface area (Å²) >= 11 is 1.98. The maximum atomic E-state index is 3.82. The van der Waals surface area contributed by atoms with Crippen LogP contribution in [-0.2, 0) is 0 Å². The molecule has 1 aliphatic rings. The minimum Gasteiger partial charge on any atom is -0.161 e. The van der Waals surface area contributed by atoms with Crippen molar-refractivity contribution >= 4 is 11.8 Å². The van der Waals surface area contributed by atoms with Crippen molar-refractivity contribution in [3.05, 3.63) is 6.92 Å². The summed E-state index contributed by atoms with van der Waals surface area (Å²) in [6.45, 7) is 3.82. The molecular formula is C4H7S. The third-order valence-corrected chi connectivity index (χ3v) is 2.12. The maximum Gasteiger partial charge on any atom is -0.00311 e. The Kier molecular flexibility index (Phi) is 0.856. The van der Waals surface area contributed by atoms with E-state index in [1.807, 2.05) is 11.8 Å². The molecule has 1 aliphatic heterocycles. The highest BCUT2D eigenvalue weighted by atomic mass is 32.2. The third kappa shape index (κ3) is 0.596. The minimum absolute atomic E-state index is 0.778. The van der Waals surface area contributed by atoms with Gasteiger partial charge in [0.15, 0.2) is 0 Å². The van der Waals surface area contributed by atoms with Gasteiger partial charge in [-0.2, -0.15) is 11.8 Å². The van der Waals surface area contributed by atoms with Crippen LogP contribution in [0.25, 0.3) is 0 Å². The van der Waals surface area contributed by atoms with E-state index in [1.54, 1.807) is 0 Å². The van der Waals surface area contributed by atoms with Gasteiger partial charge in [0.05, 0.1) is 0 Å². The molecule has 0 nitrogen and oxygen atoms in total. The summed E-state index contributed by atoms with van der Waals surface area (Å²) in [6, 6.07) is 0. The molecule has 0 aromatic carbocycles.